The number of nitrogens with zero attached hydrogens (tertiary/aromatic N) is 4. The summed E-state index contributed by atoms with van der Waals surface area (Å²) in [6, 6.07) is 21.0. The SMILES string of the molecule is N#Cc1ccc(CN(CC(O)CN(Cc2ccc(C#N)cc2)C2CC2)C2CC2)cc1. The molecule has 2 aliphatic rings. The molecule has 2 aromatic carbocycles. The Labute approximate surface area is 178 Å². The summed E-state index contributed by atoms with van der Waals surface area (Å²) in [4.78, 5) is 4.78. The first kappa shape index (κ1) is 20.6. The summed E-state index contributed by atoms with van der Waals surface area (Å²) in [6.45, 7) is 2.96. The van der Waals surface area contributed by atoms with E-state index in [1.807, 2.05) is 48.5 Å². The summed E-state index contributed by atoms with van der Waals surface area (Å²) in [5.74, 6) is 0. The summed E-state index contributed by atoms with van der Waals surface area (Å²) in [6.07, 6.45) is 4.38. The average molecular weight is 401 g/mol. The zero-order chi connectivity index (χ0) is 20.9. The molecule has 2 fully saturated rings. The Hall–Kier alpha value is -2.70. The maximum atomic E-state index is 10.9. The number of aliphatic hydroxyl groups excluding tert-OH is 1. The van der Waals surface area contributed by atoms with Gasteiger partial charge in [0.05, 0.1) is 29.4 Å². The molecule has 5 nitrogen and oxygen atoms in total. The van der Waals surface area contributed by atoms with Crippen LogP contribution in [0.3, 0.4) is 0 Å². The number of benzene rings is 2. The molecule has 4 rings (SSSR count). The Morgan fingerprint density at radius 1 is 0.733 bits per heavy atom. The van der Waals surface area contributed by atoms with E-state index in [-0.39, 0.29) is 0 Å². The van der Waals surface area contributed by atoms with Crippen LogP contribution in [0.15, 0.2) is 48.5 Å². The predicted molar refractivity (Wildman–Crippen MR) is 115 cm³/mol. The molecule has 2 aromatic rings. The Morgan fingerprint density at radius 2 is 1.10 bits per heavy atom. The molecule has 0 aromatic heterocycles. The second kappa shape index (κ2) is 9.41. The van der Waals surface area contributed by atoms with Crippen LogP contribution < -0.4 is 0 Å². The van der Waals surface area contributed by atoms with Crippen LogP contribution in [0.4, 0.5) is 0 Å². The fourth-order valence-electron chi connectivity index (χ4n) is 4.00. The minimum Gasteiger partial charge on any atom is -0.390 e. The lowest BCUT2D eigenvalue weighted by atomic mass is 10.1. The summed E-state index contributed by atoms with van der Waals surface area (Å²) >= 11 is 0. The molecule has 0 saturated heterocycles. The molecule has 30 heavy (non-hydrogen) atoms. The molecule has 0 bridgehead atoms. The molecule has 154 valence electrons. The maximum absolute atomic E-state index is 10.9. The van der Waals surface area contributed by atoms with Crippen LogP contribution >= 0.6 is 0 Å². The molecule has 0 atom stereocenters. The summed E-state index contributed by atoms with van der Waals surface area (Å²) in [5, 5.41) is 28.9. The Morgan fingerprint density at radius 3 is 1.40 bits per heavy atom. The number of hydrogen-bond acceptors (Lipinski definition) is 5. The predicted octanol–water partition coefficient (Wildman–Crippen LogP) is 3.42. The first-order chi connectivity index (χ1) is 14.6. The van der Waals surface area contributed by atoms with E-state index in [0.29, 0.717) is 36.3 Å². The van der Waals surface area contributed by atoms with Crippen LogP contribution in [0.5, 0.6) is 0 Å². The van der Waals surface area contributed by atoms with Crippen LogP contribution in [0.2, 0.25) is 0 Å². The van der Waals surface area contributed by atoms with Crippen LogP contribution in [0.25, 0.3) is 0 Å². The normalized spacial score (nSPS) is 16.1. The van der Waals surface area contributed by atoms with Gasteiger partial charge in [-0.1, -0.05) is 24.3 Å². The monoisotopic (exact) mass is 400 g/mol. The van der Waals surface area contributed by atoms with Crippen LogP contribution in [-0.4, -0.2) is 46.2 Å². The molecule has 5 heteroatoms. The zero-order valence-corrected chi connectivity index (χ0v) is 17.2. The molecule has 0 amide bonds. The summed E-state index contributed by atoms with van der Waals surface area (Å²) in [7, 11) is 0. The second-order valence-corrected chi connectivity index (χ2v) is 8.59. The average Bonchev–Trinajstić information content (AvgIpc) is 3.66. The van der Waals surface area contributed by atoms with Crippen molar-refractivity contribution in [3.63, 3.8) is 0 Å². The topological polar surface area (TPSA) is 74.3 Å². The molecule has 1 N–H and O–H groups in total. The third kappa shape index (κ3) is 5.68. The second-order valence-electron chi connectivity index (χ2n) is 8.59. The minimum absolute atomic E-state index is 0.400. The highest BCUT2D eigenvalue weighted by Crippen LogP contribution is 2.30. The molecule has 2 aliphatic carbocycles. The number of nitriles is 2. The zero-order valence-electron chi connectivity index (χ0n) is 17.2. The quantitative estimate of drug-likeness (QED) is 0.661. The maximum Gasteiger partial charge on any atom is 0.0991 e. The number of hydrogen-bond donors (Lipinski definition) is 1. The molecule has 2 saturated carbocycles. The van der Waals surface area contributed by atoms with Gasteiger partial charge in [0.15, 0.2) is 0 Å². The first-order valence-corrected chi connectivity index (χ1v) is 10.8. The van der Waals surface area contributed by atoms with Gasteiger partial charge in [0.2, 0.25) is 0 Å². The van der Waals surface area contributed by atoms with Crippen molar-refractivity contribution in [1.82, 2.24) is 9.80 Å². The molecule has 0 spiro atoms. The third-order valence-electron chi connectivity index (χ3n) is 5.95. The van der Waals surface area contributed by atoms with E-state index < -0.39 is 6.10 Å². The van der Waals surface area contributed by atoms with Gasteiger partial charge in [-0.15, -0.1) is 0 Å². The van der Waals surface area contributed by atoms with Crippen molar-refractivity contribution in [2.24, 2.45) is 0 Å². The molecule has 0 aliphatic heterocycles. The smallest absolute Gasteiger partial charge is 0.0991 e. The largest absolute Gasteiger partial charge is 0.390 e. The van der Waals surface area contributed by atoms with Gasteiger partial charge < -0.3 is 5.11 Å². The molecule has 0 unspecified atom stereocenters. The van der Waals surface area contributed by atoms with E-state index in [0.717, 1.165) is 13.1 Å². The van der Waals surface area contributed by atoms with E-state index in [1.165, 1.54) is 36.8 Å². The lowest BCUT2D eigenvalue weighted by Crippen LogP contribution is -2.41. The van der Waals surface area contributed by atoms with E-state index in [4.69, 9.17) is 10.5 Å². The lowest BCUT2D eigenvalue weighted by Gasteiger charge is -2.29. The minimum atomic E-state index is -0.400. The lowest BCUT2D eigenvalue weighted by molar-refractivity contribution is 0.0627. The Kier molecular flexibility index (Phi) is 6.45. The van der Waals surface area contributed by atoms with Gasteiger partial charge in [-0.3, -0.25) is 9.80 Å². The van der Waals surface area contributed by atoms with Gasteiger partial charge in [-0.2, -0.15) is 10.5 Å². The van der Waals surface area contributed by atoms with Crippen molar-refractivity contribution in [3.05, 3.63) is 70.8 Å². The van der Waals surface area contributed by atoms with Gasteiger partial charge in [0.25, 0.3) is 0 Å². The highest BCUT2D eigenvalue weighted by molar-refractivity contribution is 5.32. The number of rotatable bonds is 10. The highest BCUT2D eigenvalue weighted by atomic mass is 16.3. The van der Waals surface area contributed by atoms with Gasteiger partial charge >= 0.3 is 0 Å². The van der Waals surface area contributed by atoms with Crippen molar-refractivity contribution >= 4 is 0 Å². The van der Waals surface area contributed by atoms with E-state index in [2.05, 4.69) is 21.9 Å². The van der Waals surface area contributed by atoms with E-state index >= 15 is 0 Å². The van der Waals surface area contributed by atoms with Crippen molar-refractivity contribution in [1.29, 1.82) is 10.5 Å². The molecular weight excluding hydrogens is 372 g/mol. The van der Waals surface area contributed by atoms with Gasteiger partial charge in [-0.05, 0) is 61.1 Å². The first-order valence-electron chi connectivity index (χ1n) is 10.8. The summed E-state index contributed by atoms with van der Waals surface area (Å²) in [5.41, 5.74) is 3.73. The van der Waals surface area contributed by atoms with Crippen molar-refractivity contribution in [2.75, 3.05) is 13.1 Å². The highest BCUT2D eigenvalue weighted by Gasteiger charge is 2.33. The standard InChI is InChI=1S/C25H28N4O/c26-13-19-1-5-21(6-2-19)15-28(23-9-10-23)17-25(30)18-29(24-11-12-24)16-22-7-3-20(14-27)4-8-22/h1-8,23-25,30H,9-12,15-18H2. The van der Waals surface area contributed by atoms with Crippen LogP contribution in [0.1, 0.15) is 47.9 Å². The van der Waals surface area contributed by atoms with Gasteiger partial charge in [0.1, 0.15) is 0 Å². The summed E-state index contributed by atoms with van der Waals surface area (Å²) < 4.78 is 0. The van der Waals surface area contributed by atoms with Gasteiger partial charge in [-0.25, -0.2) is 0 Å². The Bertz CT molecular complexity index is 840. The van der Waals surface area contributed by atoms with Crippen molar-refractivity contribution < 1.29 is 5.11 Å². The van der Waals surface area contributed by atoms with Crippen molar-refractivity contribution in [3.8, 4) is 12.1 Å². The fraction of sp³-hybridized carbons (Fsp3) is 0.440. The fourth-order valence-corrected chi connectivity index (χ4v) is 4.00. The van der Waals surface area contributed by atoms with Gasteiger partial charge in [0, 0.05) is 38.3 Å². The third-order valence-corrected chi connectivity index (χ3v) is 5.95. The molecule has 0 radical (unpaired) electrons. The van der Waals surface area contributed by atoms with Crippen LogP contribution in [0, 0.1) is 22.7 Å². The van der Waals surface area contributed by atoms with E-state index in [9.17, 15) is 5.11 Å². The van der Waals surface area contributed by atoms with Crippen LogP contribution in [-0.2, 0) is 13.1 Å². The van der Waals surface area contributed by atoms with E-state index in [1.54, 1.807) is 0 Å². The Balaban J connectivity index is 1.34. The molecule has 0 heterocycles. The van der Waals surface area contributed by atoms with Crippen molar-refractivity contribution in [2.45, 2.75) is 57.0 Å². The number of aliphatic hydroxyl groups is 1. The molecular formula is C25H28N4O.